The molecule has 4 aromatic carbocycles. The number of carbonyl (C=O) groups is 2. The van der Waals surface area contributed by atoms with E-state index in [2.05, 4.69) is 0 Å². The number of Topliss-reactive ketones (excluding diaryl/α,β-unsaturated/α-hetero) is 1. The van der Waals surface area contributed by atoms with E-state index < -0.39 is 11.7 Å². The highest BCUT2D eigenvalue weighted by Crippen LogP contribution is 2.31. The zero-order chi connectivity index (χ0) is 20.9. The van der Waals surface area contributed by atoms with E-state index in [1.54, 1.807) is 60.7 Å². The molecule has 0 amide bonds. The minimum Gasteiger partial charge on any atom is -0.293 e. The summed E-state index contributed by atoms with van der Waals surface area (Å²) in [6.07, 6.45) is 0. The third kappa shape index (κ3) is 3.96. The van der Waals surface area contributed by atoms with Crippen LogP contribution in [0.1, 0.15) is 43.3 Å². The summed E-state index contributed by atoms with van der Waals surface area (Å²) in [7, 11) is 0. The third-order valence-corrected chi connectivity index (χ3v) is 5.06. The van der Waals surface area contributed by atoms with Gasteiger partial charge in [-0.05, 0) is 11.6 Å². The molecular weight excluding hydrogens is 375 g/mol. The van der Waals surface area contributed by atoms with Crippen LogP contribution in [0.15, 0.2) is 109 Å². The highest BCUT2D eigenvalue weighted by Gasteiger charge is 2.27. The van der Waals surface area contributed by atoms with Gasteiger partial charge in [-0.3, -0.25) is 9.59 Å². The first-order valence-corrected chi connectivity index (χ1v) is 9.68. The lowest BCUT2D eigenvalue weighted by Gasteiger charge is -2.18. The van der Waals surface area contributed by atoms with Crippen molar-refractivity contribution in [1.29, 1.82) is 0 Å². The zero-order valence-electron chi connectivity index (χ0n) is 16.2. The number of benzene rings is 4. The van der Waals surface area contributed by atoms with E-state index in [1.165, 1.54) is 6.07 Å². The van der Waals surface area contributed by atoms with Crippen LogP contribution in [0.5, 0.6) is 0 Å². The Morgan fingerprint density at radius 1 is 0.600 bits per heavy atom. The molecule has 2 nitrogen and oxygen atoms in total. The molecule has 0 aliphatic carbocycles. The van der Waals surface area contributed by atoms with Crippen LogP contribution in [0.4, 0.5) is 4.39 Å². The fourth-order valence-electron chi connectivity index (χ4n) is 3.55. The molecule has 4 aromatic rings. The molecule has 1 atom stereocenters. The first-order chi connectivity index (χ1) is 14.6. The molecule has 0 saturated heterocycles. The molecule has 0 aromatic heterocycles. The molecule has 146 valence electrons. The maximum absolute atomic E-state index is 15.2. The van der Waals surface area contributed by atoms with Gasteiger partial charge in [-0.25, -0.2) is 4.39 Å². The SMILES string of the molecule is O=C(c1ccccc1)c1ccc(C(C(=O)c2ccccc2)c2ccccc2)c(F)c1. The van der Waals surface area contributed by atoms with Crippen LogP contribution in [0, 0.1) is 5.82 Å². The summed E-state index contributed by atoms with van der Waals surface area (Å²) in [4.78, 5) is 26.0. The van der Waals surface area contributed by atoms with Gasteiger partial charge in [0.15, 0.2) is 11.6 Å². The Hall–Kier alpha value is -3.85. The van der Waals surface area contributed by atoms with Crippen molar-refractivity contribution in [1.82, 2.24) is 0 Å². The normalized spacial score (nSPS) is 11.6. The highest BCUT2D eigenvalue weighted by atomic mass is 19.1. The van der Waals surface area contributed by atoms with Crippen LogP contribution < -0.4 is 0 Å². The highest BCUT2D eigenvalue weighted by molar-refractivity contribution is 6.09. The van der Waals surface area contributed by atoms with Crippen LogP contribution in [0.2, 0.25) is 0 Å². The maximum Gasteiger partial charge on any atom is 0.193 e. The summed E-state index contributed by atoms with van der Waals surface area (Å²) in [6, 6.07) is 31.1. The molecule has 4 rings (SSSR count). The summed E-state index contributed by atoms with van der Waals surface area (Å²) < 4.78 is 15.2. The van der Waals surface area contributed by atoms with Crippen molar-refractivity contribution in [2.24, 2.45) is 0 Å². The van der Waals surface area contributed by atoms with Crippen LogP contribution in [0.25, 0.3) is 0 Å². The van der Waals surface area contributed by atoms with Gasteiger partial charge >= 0.3 is 0 Å². The van der Waals surface area contributed by atoms with Gasteiger partial charge in [0, 0.05) is 22.3 Å². The van der Waals surface area contributed by atoms with E-state index in [0.29, 0.717) is 16.7 Å². The van der Waals surface area contributed by atoms with Gasteiger partial charge in [0.1, 0.15) is 5.82 Å². The molecule has 0 radical (unpaired) electrons. The minimum atomic E-state index is -0.797. The quantitative estimate of drug-likeness (QED) is 0.372. The number of hydrogen-bond acceptors (Lipinski definition) is 2. The van der Waals surface area contributed by atoms with Crippen LogP contribution in [-0.2, 0) is 0 Å². The molecule has 0 bridgehead atoms. The fourth-order valence-corrected chi connectivity index (χ4v) is 3.55. The number of ketones is 2. The number of hydrogen-bond donors (Lipinski definition) is 0. The van der Waals surface area contributed by atoms with Crippen molar-refractivity contribution >= 4 is 11.6 Å². The molecular formula is C27H19FO2. The standard InChI is InChI=1S/C27H19FO2/c28-24-18-22(26(29)20-12-6-2-7-13-20)16-17-23(24)25(19-10-4-1-5-11-19)27(30)21-14-8-3-9-15-21/h1-18,25H. The van der Waals surface area contributed by atoms with Crippen molar-refractivity contribution in [3.8, 4) is 0 Å². The summed E-state index contributed by atoms with van der Waals surface area (Å²) in [5, 5.41) is 0. The summed E-state index contributed by atoms with van der Waals surface area (Å²) in [5.41, 5.74) is 2.20. The van der Waals surface area contributed by atoms with Crippen molar-refractivity contribution in [3.63, 3.8) is 0 Å². The summed E-state index contributed by atoms with van der Waals surface area (Å²) in [6.45, 7) is 0. The van der Waals surface area contributed by atoms with E-state index in [9.17, 15) is 9.59 Å². The van der Waals surface area contributed by atoms with E-state index in [-0.39, 0.29) is 22.7 Å². The second kappa shape index (κ2) is 8.66. The zero-order valence-corrected chi connectivity index (χ0v) is 16.2. The number of halogens is 1. The molecule has 0 N–H and O–H groups in total. The lowest BCUT2D eigenvalue weighted by Crippen LogP contribution is -2.16. The first kappa shape index (κ1) is 19.5. The smallest absolute Gasteiger partial charge is 0.193 e. The average Bonchev–Trinajstić information content (AvgIpc) is 2.81. The monoisotopic (exact) mass is 394 g/mol. The average molecular weight is 394 g/mol. The molecule has 0 aliphatic heterocycles. The lowest BCUT2D eigenvalue weighted by molar-refractivity contribution is 0.0972. The molecule has 30 heavy (non-hydrogen) atoms. The molecule has 0 heterocycles. The van der Waals surface area contributed by atoms with Crippen LogP contribution in [0.3, 0.4) is 0 Å². The topological polar surface area (TPSA) is 34.1 Å². The van der Waals surface area contributed by atoms with Crippen molar-refractivity contribution in [3.05, 3.63) is 143 Å². The molecule has 0 spiro atoms. The Bertz CT molecular complexity index is 1170. The van der Waals surface area contributed by atoms with E-state index >= 15 is 4.39 Å². The van der Waals surface area contributed by atoms with Crippen molar-refractivity contribution < 1.29 is 14.0 Å². The second-order valence-corrected chi connectivity index (χ2v) is 7.01. The van der Waals surface area contributed by atoms with E-state index in [1.807, 2.05) is 42.5 Å². The Labute approximate surface area is 174 Å². The van der Waals surface area contributed by atoms with Gasteiger partial charge < -0.3 is 0 Å². The summed E-state index contributed by atoms with van der Waals surface area (Å²) in [5.74, 6) is -1.82. The number of carbonyl (C=O) groups excluding carboxylic acids is 2. The number of rotatable bonds is 6. The lowest BCUT2D eigenvalue weighted by atomic mass is 9.84. The first-order valence-electron chi connectivity index (χ1n) is 9.68. The Morgan fingerprint density at radius 2 is 1.13 bits per heavy atom. The van der Waals surface area contributed by atoms with Gasteiger partial charge in [0.05, 0.1) is 5.92 Å². The van der Waals surface area contributed by atoms with Gasteiger partial charge in [-0.1, -0.05) is 103 Å². The molecule has 3 heteroatoms. The molecule has 1 unspecified atom stereocenters. The predicted octanol–water partition coefficient (Wildman–Crippen LogP) is 6.07. The molecule has 0 aliphatic rings. The van der Waals surface area contributed by atoms with Crippen LogP contribution in [-0.4, -0.2) is 11.6 Å². The maximum atomic E-state index is 15.2. The molecule has 0 fully saturated rings. The minimum absolute atomic E-state index is 0.192. The Morgan fingerprint density at radius 3 is 1.70 bits per heavy atom. The largest absolute Gasteiger partial charge is 0.293 e. The third-order valence-electron chi connectivity index (χ3n) is 5.06. The van der Waals surface area contributed by atoms with Gasteiger partial charge in [0.25, 0.3) is 0 Å². The van der Waals surface area contributed by atoms with Gasteiger partial charge in [-0.15, -0.1) is 0 Å². The van der Waals surface area contributed by atoms with Crippen molar-refractivity contribution in [2.45, 2.75) is 5.92 Å². The Kier molecular flexibility index (Phi) is 5.62. The second-order valence-electron chi connectivity index (χ2n) is 7.01. The summed E-state index contributed by atoms with van der Waals surface area (Å²) >= 11 is 0. The molecule has 0 saturated carbocycles. The predicted molar refractivity (Wildman–Crippen MR) is 115 cm³/mol. The fraction of sp³-hybridized carbons (Fsp3) is 0.0370. The van der Waals surface area contributed by atoms with Gasteiger partial charge in [0.2, 0.25) is 0 Å². The van der Waals surface area contributed by atoms with E-state index in [4.69, 9.17) is 0 Å². The Balaban J connectivity index is 1.76. The van der Waals surface area contributed by atoms with Crippen molar-refractivity contribution in [2.75, 3.05) is 0 Å². The van der Waals surface area contributed by atoms with E-state index in [0.717, 1.165) is 0 Å². The van der Waals surface area contributed by atoms with Gasteiger partial charge in [-0.2, -0.15) is 0 Å². The van der Waals surface area contributed by atoms with Crippen LogP contribution >= 0.6 is 0 Å².